The smallest absolute Gasteiger partial charge is 0.338 e. The standard InChI is InChI=1S/C33H30BrClN2O5S/c1-4-8-25-29(32(39)41-5-2)30(24-18-23(35)15-16-27(24)40-3)37-31(38)28(43-33(37)36-25)17-21-9-6-7-10-26(21)42-19-20-11-13-22(34)14-12-20/h6-7,9-18,30H,4-5,8,19H2,1-3H3/b28-17+/t30-/m0/s1. The van der Waals surface area contributed by atoms with Gasteiger partial charge in [0.05, 0.1) is 29.5 Å². The predicted molar refractivity (Wildman–Crippen MR) is 173 cm³/mol. The molecule has 10 heteroatoms. The molecule has 1 aliphatic heterocycles. The maximum absolute atomic E-state index is 14.2. The summed E-state index contributed by atoms with van der Waals surface area (Å²) in [6.45, 7) is 4.32. The van der Waals surface area contributed by atoms with Crippen molar-refractivity contribution >= 4 is 50.9 Å². The van der Waals surface area contributed by atoms with Gasteiger partial charge in [0, 0.05) is 20.6 Å². The van der Waals surface area contributed by atoms with Crippen molar-refractivity contribution in [1.82, 2.24) is 4.57 Å². The highest BCUT2D eigenvalue weighted by Gasteiger charge is 2.36. The number of benzene rings is 3. The van der Waals surface area contributed by atoms with Gasteiger partial charge < -0.3 is 14.2 Å². The van der Waals surface area contributed by atoms with Gasteiger partial charge in [-0.2, -0.15) is 0 Å². The number of allylic oxidation sites excluding steroid dienone is 1. The number of fused-ring (bicyclic) bond motifs is 1. The molecule has 1 atom stereocenters. The highest BCUT2D eigenvalue weighted by atomic mass is 79.9. The van der Waals surface area contributed by atoms with E-state index in [1.807, 2.05) is 55.5 Å². The molecule has 222 valence electrons. The molecule has 1 aromatic heterocycles. The van der Waals surface area contributed by atoms with Crippen LogP contribution in [0, 0.1) is 0 Å². The van der Waals surface area contributed by atoms with E-state index in [9.17, 15) is 9.59 Å². The second kappa shape index (κ2) is 13.8. The fraction of sp³-hybridized carbons (Fsp3) is 0.242. The Balaban J connectivity index is 1.67. The zero-order valence-electron chi connectivity index (χ0n) is 23.9. The quantitative estimate of drug-likeness (QED) is 0.177. The van der Waals surface area contributed by atoms with E-state index in [1.165, 1.54) is 11.3 Å². The van der Waals surface area contributed by atoms with Gasteiger partial charge in [-0.15, -0.1) is 0 Å². The number of methoxy groups -OCH3 is 1. The predicted octanol–water partition coefficient (Wildman–Crippen LogP) is 6.58. The summed E-state index contributed by atoms with van der Waals surface area (Å²) in [4.78, 5) is 33.0. The number of thiazole rings is 1. The molecule has 43 heavy (non-hydrogen) atoms. The van der Waals surface area contributed by atoms with Crippen LogP contribution >= 0.6 is 38.9 Å². The number of esters is 1. The highest BCUT2D eigenvalue weighted by molar-refractivity contribution is 9.10. The molecule has 3 aromatic carbocycles. The summed E-state index contributed by atoms with van der Waals surface area (Å²) in [6.07, 6.45) is 3.09. The molecule has 0 spiro atoms. The summed E-state index contributed by atoms with van der Waals surface area (Å²) in [5.41, 5.74) is 2.94. The SMILES string of the molecule is CCCC1=C(C(=O)OCC)[C@H](c2cc(Cl)ccc2OC)n2c(s/c(=C/c3ccccc3OCc3ccc(Br)cc3)c2=O)=N1. The summed E-state index contributed by atoms with van der Waals surface area (Å²) < 4.78 is 20.3. The Labute approximate surface area is 266 Å². The molecule has 0 saturated carbocycles. The van der Waals surface area contributed by atoms with Crippen molar-refractivity contribution in [2.24, 2.45) is 4.99 Å². The molecule has 0 radical (unpaired) electrons. The Hall–Kier alpha value is -3.66. The lowest BCUT2D eigenvalue weighted by atomic mass is 9.93. The van der Waals surface area contributed by atoms with E-state index >= 15 is 0 Å². The minimum absolute atomic E-state index is 0.183. The normalized spacial score (nSPS) is 14.7. The van der Waals surface area contributed by atoms with Crippen molar-refractivity contribution in [2.75, 3.05) is 13.7 Å². The van der Waals surface area contributed by atoms with Crippen LogP contribution in [0.15, 0.2) is 92.3 Å². The maximum atomic E-state index is 14.2. The van der Waals surface area contributed by atoms with Gasteiger partial charge in [0.25, 0.3) is 5.56 Å². The molecule has 7 nitrogen and oxygen atoms in total. The zero-order valence-corrected chi connectivity index (χ0v) is 27.1. The molecule has 1 aliphatic rings. The van der Waals surface area contributed by atoms with Crippen molar-refractivity contribution in [2.45, 2.75) is 39.3 Å². The lowest BCUT2D eigenvalue weighted by molar-refractivity contribution is -0.139. The van der Waals surface area contributed by atoms with Crippen molar-refractivity contribution in [3.05, 3.63) is 124 Å². The van der Waals surface area contributed by atoms with Gasteiger partial charge >= 0.3 is 5.97 Å². The second-order valence-electron chi connectivity index (χ2n) is 9.75. The third-order valence-corrected chi connectivity index (χ3v) is 8.64. The number of carbonyl (C=O) groups excluding carboxylic acids is 1. The Morgan fingerprint density at radius 3 is 2.58 bits per heavy atom. The van der Waals surface area contributed by atoms with Gasteiger partial charge in [0.1, 0.15) is 24.1 Å². The molecule has 0 aliphatic carbocycles. The monoisotopic (exact) mass is 680 g/mol. The lowest BCUT2D eigenvalue weighted by Gasteiger charge is -2.27. The number of aromatic nitrogens is 1. The van der Waals surface area contributed by atoms with Crippen molar-refractivity contribution in [3.8, 4) is 11.5 Å². The third-order valence-electron chi connectivity index (χ3n) is 6.89. The van der Waals surface area contributed by atoms with Gasteiger partial charge in [-0.25, -0.2) is 9.79 Å². The van der Waals surface area contributed by atoms with E-state index in [4.69, 9.17) is 30.8 Å². The van der Waals surface area contributed by atoms with E-state index in [2.05, 4.69) is 15.9 Å². The van der Waals surface area contributed by atoms with Crippen LogP contribution in [0.4, 0.5) is 0 Å². The van der Waals surface area contributed by atoms with Crippen LogP contribution in [-0.2, 0) is 16.1 Å². The Kier molecular flexibility index (Phi) is 9.85. The van der Waals surface area contributed by atoms with Crippen molar-refractivity contribution in [3.63, 3.8) is 0 Å². The minimum atomic E-state index is -0.837. The third kappa shape index (κ3) is 6.64. The summed E-state index contributed by atoms with van der Waals surface area (Å²) in [5.74, 6) is 0.612. The number of halogens is 2. The lowest BCUT2D eigenvalue weighted by Crippen LogP contribution is -2.40. The van der Waals surface area contributed by atoms with Crippen LogP contribution in [-0.4, -0.2) is 24.3 Å². The molecule has 4 aromatic rings. The first kappa shape index (κ1) is 30.8. The van der Waals surface area contributed by atoms with Gasteiger partial charge in [0.15, 0.2) is 4.80 Å². The largest absolute Gasteiger partial charge is 0.496 e. The van der Waals surface area contributed by atoms with Crippen LogP contribution < -0.4 is 24.4 Å². The van der Waals surface area contributed by atoms with Crippen molar-refractivity contribution in [1.29, 1.82) is 0 Å². The number of nitrogens with zero attached hydrogens (tertiary/aromatic N) is 2. The molecule has 0 saturated heterocycles. The highest BCUT2D eigenvalue weighted by Crippen LogP contribution is 2.38. The van der Waals surface area contributed by atoms with Crippen LogP contribution in [0.25, 0.3) is 6.08 Å². The van der Waals surface area contributed by atoms with Crippen LogP contribution in [0.1, 0.15) is 49.4 Å². The summed E-state index contributed by atoms with van der Waals surface area (Å²) in [7, 11) is 1.54. The topological polar surface area (TPSA) is 79.1 Å². The van der Waals surface area contributed by atoms with Crippen LogP contribution in [0.5, 0.6) is 11.5 Å². The second-order valence-corrected chi connectivity index (χ2v) is 12.1. The number of rotatable bonds is 10. The average molecular weight is 682 g/mol. The molecule has 0 unspecified atom stereocenters. The molecule has 2 heterocycles. The fourth-order valence-electron chi connectivity index (χ4n) is 4.95. The Bertz CT molecular complexity index is 1860. The number of para-hydroxylation sites is 1. The molecular weight excluding hydrogens is 652 g/mol. The number of carbonyl (C=O) groups is 1. The molecule has 0 amide bonds. The van der Waals surface area contributed by atoms with E-state index in [1.54, 1.807) is 42.9 Å². The first-order valence-electron chi connectivity index (χ1n) is 13.9. The molecule has 0 bridgehead atoms. The summed E-state index contributed by atoms with van der Waals surface area (Å²) >= 11 is 11.2. The number of hydrogen-bond acceptors (Lipinski definition) is 7. The first-order valence-corrected chi connectivity index (χ1v) is 15.8. The molecule has 0 N–H and O–H groups in total. The van der Waals surface area contributed by atoms with Gasteiger partial charge in [-0.1, -0.05) is 82.5 Å². The number of hydrogen-bond donors (Lipinski definition) is 0. The van der Waals surface area contributed by atoms with Crippen LogP contribution in [0.3, 0.4) is 0 Å². The van der Waals surface area contributed by atoms with E-state index in [-0.39, 0.29) is 12.2 Å². The molecule has 5 rings (SSSR count). The van der Waals surface area contributed by atoms with E-state index in [0.29, 0.717) is 55.7 Å². The first-order chi connectivity index (χ1) is 20.8. The van der Waals surface area contributed by atoms with Crippen LogP contribution in [0.2, 0.25) is 5.02 Å². The van der Waals surface area contributed by atoms with Gasteiger partial charge in [-0.05, 0) is 61.4 Å². The van der Waals surface area contributed by atoms with E-state index in [0.717, 1.165) is 22.0 Å². The Morgan fingerprint density at radius 1 is 1.09 bits per heavy atom. The average Bonchev–Trinajstić information content (AvgIpc) is 3.31. The van der Waals surface area contributed by atoms with E-state index < -0.39 is 12.0 Å². The van der Waals surface area contributed by atoms with Gasteiger partial charge in [-0.3, -0.25) is 9.36 Å². The summed E-state index contributed by atoms with van der Waals surface area (Å²) in [5, 5.41) is 0.451. The molecule has 0 fully saturated rings. The maximum Gasteiger partial charge on any atom is 0.338 e. The summed E-state index contributed by atoms with van der Waals surface area (Å²) in [6, 6.07) is 19.8. The zero-order chi connectivity index (χ0) is 30.5. The van der Waals surface area contributed by atoms with Gasteiger partial charge in [0.2, 0.25) is 0 Å². The Morgan fingerprint density at radius 2 is 1.86 bits per heavy atom. The molecular formula is C33H30BrClN2O5S. The van der Waals surface area contributed by atoms with Crippen molar-refractivity contribution < 1.29 is 19.0 Å². The number of ether oxygens (including phenoxy) is 3. The minimum Gasteiger partial charge on any atom is -0.496 e. The fourth-order valence-corrected chi connectivity index (χ4v) is 6.40.